The highest BCUT2D eigenvalue weighted by Gasteiger charge is 2.38. The Morgan fingerprint density at radius 3 is 2.26 bits per heavy atom. The van der Waals surface area contributed by atoms with Crippen molar-refractivity contribution in [2.45, 2.75) is 57.3 Å². The number of likely N-dealkylation sites (tertiary alicyclic amines) is 1. The number of fused-ring (bicyclic) bond motifs is 6. The average molecular weight is 768 g/mol. The monoisotopic (exact) mass is 767 g/mol. The largest absolute Gasteiger partial charge is 0.481 e. The van der Waals surface area contributed by atoms with Crippen molar-refractivity contribution in [1.29, 1.82) is 0 Å². The van der Waals surface area contributed by atoms with Crippen molar-refractivity contribution >= 4 is 11.9 Å². The van der Waals surface area contributed by atoms with Crippen molar-refractivity contribution < 1.29 is 58.9 Å². The van der Waals surface area contributed by atoms with E-state index in [9.17, 15) is 50.2 Å². The Bertz CT molecular complexity index is 2210. The van der Waals surface area contributed by atoms with Crippen LogP contribution in [0.1, 0.15) is 57.4 Å². The number of amides is 1. The number of alkyl halides is 7. The number of benzene rings is 3. The third kappa shape index (κ3) is 7.67. The van der Waals surface area contributed by atoms with Crippen molar-refractivity contribution in [3.63, 3.8) is 0 Å². The summed E-state index contributed by atoms with van der Waals surface area (Å²) in [6, 6.07) is 2.73. The number of nitrogens with one attached hydrogen (secondary N) is 1. The Kier molecular flexibility index (Phi) is 10.1. The fourth-order valence-electron chi connectivity index (χ4n) is 6.79. The number of nitrogens with zero attached hydrogens (tertiary/aromatic N) is 2. The van der Waals surface area contributed by atoms with Gasteiger partial charge in [0.25, 0.3) is 5.56 Å². The first-order chi connectivity index (χ1) is 25.2. The fourth-order valence-corrected chi connectivity index (χ4v) is 6.79. The molecule has 1 aromatic heterocycles. The highest BCUT2D eigenvalue weighted by Crippen LogP contribution is 2.44. The van der Waals surface area contributed by atoms with Crippen molar-refractivity contribution in [3.05, 3.63) is 116 Å². The summed E-state index contributed by atoms with van der Waals surface area (Å²) in [6.07, 6.45) is -11.8. The summed E-state index contributed by atoms with van der Waals surface area (Å²) in [5.74, 6) is -5.92. The van der Waals surface area contributed by atoms with E-state index in [1.165, 1.54) is 24.8 Å². The Morgan fingerprint density at radius 1 is 0.926 bits per heavy atom. The van der Waals surface area contributed by atoms with Crippen molar-refractivity contribution in [3.8, 4) is 22.6 Å². The number of halogens is 9. The molecule has 286 valence electrons. The van der Waals surface area contributed by atoms with Gasteiger partial charge in [0.2, 0.25) is 5.91 Å². The van der Waals surface area contributed by atoms with Gasteiger partial charge in [0.05, 0.1) is 23.6 Å². The number of aromatic nitrogens is 1. The number of carboxylic acid groups (broad SMARTS) is 1. The molecule has 2 aliphatic heterocycles. The molecule has 2 aliphatic rings. The Labute approximate surface area is 300 Å². The summed E-state index contributed by atoms with van der Waals surface area (Å²) in [5, 5.41) is 12.1. The maximum Gasteiger partial charge on any atom is 0.416 e. The number of pyridine rings is 1. The first-order valence-corrected chi connectivity index (χ1v) is 16.4. The van der Waals surface area contributed by atoms with Crippen LogP contribution in [0.5, 0.6) is 11.5 Å². The fraction of sp³-hybridized carbons (Fsp3) is 0.324. The molecule has 0 aliphatic carbocycles. The molecule has 0 saturated carbocycles. The predicted octanol–water partition coefficient (Wildman–Crippen LogP) is 7.67. The van der Waals surface area contributed by atoms with Gasteiger partial charge in [-0.3, -0.25) is 23.9 Å². The normalized spacial score (nSPS) is 18.0. The van der Waals surface area contributed by atoms with Gasteiger partial charge in [0.1, 0.15) is 35.3 Å². The number of rotatable bonds is 6. The minimum atomic E-state index is -5.06. The van der Waals surface area contributed by atoms with Crippen LogP contribution in [0.15, 0.2) is 59.5 Å². The van der Waals surface area contributed by atoms with E-state index >= 15 is 8.78 Å². The molecule has 1 fully saturated rings. The van der Waals surface area contributed by atoms with Crippen LogP contribution in [0.25, 0.3) is 11.1 Å². The maximum atomic E-state index is 15.9. The van der Waals surface area contributed by atoms with E-state index in [1.807, 2.05) is 0 Å². The average Bonchev–Trinajstić information content (AvgIpc) is 3.04. The van der Waals surface area contributed by atoms with Crippen LogP contribution >= 0.6 is 0 Å². The number of hydrogen-bond donors (Lipinski definition) is 2. The second-order valence-electron chi connectivity index (χ2n) is 13.3. The molecule has 1 saturated heterocycles. The summed E-state index contributed by atoms with van der Waals surface area (Å²) < 4.78 is 136. The minimum Gasteiger partial charge on any atom is -0.481 e. The molecule has 3 heterocycles. The Balaban J connectivity index is 1.62. The van der Waals surface area contributed by atoms with E-state index in [1.54, 1.807) is 0 Å². The standard InChI is InChI=1S/C37H30F9N3O5/c1-17-8-21(36(41,42)43)10-29-32(17)20-7-18(2)33(40)25(9-20)28(13-31(51)52)47-35(53)34(24-11-23(54-29)3-4-27(24)39)49-14-19(5-6-48-15-22(38)16-48)26(12-30(49)50)37(44,45)46/h3-4,7-12,14,22,28,34H,5-6,13,15-16H2,1-2H3,(H,47,53)(H,51,52)/t28-,34?/m0/s1. The molecule has 8 nitrogen and oxygen atoms in total. The molecule has 4 aromatic rings. The summed E-state index contributed by atoms with van der Waals surface area (Å²) >= 11 is 0. The number of carbonyl (C=O) groups is 2. The lowest BCUT2D eigenvalue weighted by molar-refractivity contribution is -0.139. The molecule has 4 bridgehead atoms. The van der Waals surface area contributed by atoms with Crippen LogP contribution in [-0.4, -0.2) is 52.3 Å². The SMILES string of the molecule is Cc1cc2cc(c1F)[C@H](CC(=O)O)NC(=O)C(n1cc(CCN3CC(F)C3)c(C(F)(F)F)cc1=O)c1cc(ccc1F)Oc1cc(C(F)(F)F)cc(C)c1-2. The smallest absolute Gasteiger partial charge is 0.416 e. The summed E-state index contributed by atoms with van der Waals surface area (Å²) in [5.41, 5.74) is -5.66. The molecule has 0 radical (unpaired) electrons. The number of aryl methyl sites for hydroxylation is 2. The number of ether oxygens (including phenoxy) is 1. The lowest BCUT2D eigenvalue weighted by Gasteiger charge is -2.34. The molecule has 6 rings (SSSR count). The molecule has 2 atom stereocenters. The summed E-state index contributed by atoms with van der Waals surface area (Å²) in [6.45, 7) is 2.45. The number of carbonyl (C=O) groups excluding carboxylic acids is 1. The van der Waals surface area contributed by atoms with Gasteiger partial charge in [0, 0.05) is 48.6 Å². The van der Waals surface area contributed by atoms with E-state index < -0.39 is 106 Å². The quantitative estimate of drug-likeness (QED) is 0.196. The van der Waals surface area contributed by atoms with Gasteiger partial charge in [-0.1, -0.05) is 0 Å². The maximum absolute atomic E-state index is 15.9. The van der Waals surface area contributed by atoms with E-state index in [2.05, 4.69) is 5.32 Å². The second kappa shape index (κ2) is 14.2. The summed E-state index contributed by atoms with van der Waals surface area (Å²) in [7, 11) is 0. The molecule has 0 spiro atoms. The number of carboxylic acids is 1. The van der Waals surface area contributed by atoms with E-state index in [-0.39, 0.29) is 53.7 Å². The topological polar surface area (TPSA) is 101 Å². The van der Waals surface area contributed by atoms with Crippen LogP contribution in [0.3, 0.4) is 0 Å². The molecule has 1 unspecified atom stereocenters. The third-order valence-corrected chi connectivity index (χ3v) is 9.36. The van der Waals surface area contributed by atoms with E-state index in [0.717, 1.165) is 30.3 Å². The number of hydrogen-bond acceptors (Lipinski definition) is 5. The lowest BCUT2D eigenvalue weighted by Crippen LogP contribution is -2.49. The van der Waals surface area contributed by atoms with Gasteiger partial charge in [-0.2, -0.15) is 26.3 Å². The van der Waals surface area contributed by atoms with Gasteiger partial charge < -0.3 is 15.2 Å². The van der Waals surface area contributed by atoms with Crippen molar-refractivity contribution in [2.75, 3.05) is 19.6 Å². The summed E-state index contributed by atoms with van der Waals surface area (Å²) in [4.78, 5) is 41.4. The highest BCUT2D eigenvalue weighted by atomic mass is 19.4. The third-order valence-electron chi connectivity index (χ3n) is 9.36. The van der Waals surface area contributed by atoms with Gasteiger partial charge in [-0.05, 0) is 85.0 Å². The Hall–Kier alpha value is -5.32. The van der Waals surface area contributed by atoms with Crippen LogP contribution < -0.4 is 15.6 Å². The van der Waals surface area contributed by atoms with Crippen LogP contribution in [0.4, 0.5) is 39.5 Å². The second-order valence-corrected chi connectivity index (χ2v) is 13.3. The minimum absolute atomic E-state index is 0.00483. The van der Waals surface area contributed by atoms with Gasteiger partial charge >= 0.3 is 18.3 Å². The zero-order valence-corrected chi connectivity index (χ0v) is 28.3. The van der Waals surface area contributed by atoms with Crippen LogP contribution in [-0.2, 0) is 28.4 Å². The zero-order valence-electron chi connectivity index (χ0n) is 28.3. The first-order valence-electron chi connectivity index (χ1n) is 16.4. The van der Waals surface area contributed by atoms with Gasteiger partial charge in [-0.15, -0.1) is 0 Å². The Morgan fingerprint density at radius 2 is 1.63 bits per heavy atom. The van der Waals surface area contributed by atoms with Crippen LogP contribution in [0, 0.1) is 25.5 Å². The molecule has 1 amide bonds. The molecule has 2 N–H and O–H groups in total. The molecular weight excluding hydrogens is 737 g/mol. The molecule has 17 heteroatoms. The number of aliphatic carboxylic acids is 1. The van der Waals surface area contributed by atoms with E-state index in [4.69, 9.17) is 4.74 Å². The van der Waals surface area contributed by atoms with Crippen molar-refractivity contribution in [2.24, 2.45) is 0 Å². The zero-order chi connectivity index (χ0) is 39.4. The van der Waals surface area contributed by atoms with E-state index in [0.29, 0.717) is 16.8 Å². The first kappa shape index (κ1) is 38.4. The van der Waals surface area contributed by atoms with Crippen molar-refractivity contribution in [1.82, 2.24) is 14.8 Å². The molecular formula is C37H30F9N3O5. The molecule has 3 aromatic carbocycles. The van der Waals surface area contributed by atoms with Gasteiger partial charge in [-0.25, -0.2) is 13.2 Å². The van der Waals surface area contributed by atoms with Gasteiger partial charge in [0.15, 0.2) is 0 Å². The predicted molar refractivity (Wildman–Crippen MR) is 175 cm³/mol. The molecule has 54 heavy (non-hydrogen) atoms. The lowest BCUT2D eigenvalue weighted by atomic mass is 9.91. The van der Waals surface area contributed by atoms with Crippen LogP contribution in [0.2, 0.25) is 0 Å². The highest BCUT2D eigenvalue weighted by molar-refractivity contribution is 5.85.